The summed E-state index contributed by atoms with van der Waals surface area (Å²) in [5.74, 6) is 0.601. The lowest BCUT2D eigenvalue weighted by Gasteiger charge is -2.06. The number of carboxylic acids is 1. The van der Waals surface area contributed by atoms with Gasteiger partial charge in [-0.3, -0.25) is 0 Å². The minimum Gasteiger partial charge on any atom is -0.497 e. The molecule has 0 unspecified atom stereocenters. The molecule has 0 radical (unpaired) electrons. The van der Waals surface area contributed by atoms with Crippen molar-refractivity contribution in [1.29, 1.82) is 0 Å². The second-order valence-electron chi connectivity index (χ2n) is 4.74. The van der Waals surface area contributed by atoms with Crippen molar-refractivity contribution in [3.05, 3.63) is 59.0 Å². The zero-order valence-electron chi connectivity index (χ0n) is 11.9. The molecule has 0 fully saturated rings. The highest BCUT2D eigenvalue weighted by atomic mass is 32.1. The van der Waals surface area contributed by atoms with Gasteiger partial charge in [0, 0.05) is 10.3 Å². The van der Waals surface area contributed by atoms with Gasteiger partial charge in [-0.2, -0.15) is 0 Å². The molecule has 0 aliphatic carbocycles. The Morgan fingerprint density at radius 2 is 1.86 bits per heavy atom. The van der Waals surface area contributed by atoms with Gasteiger partial charge in [0.2, 0.25) is 0 Å². The van der Waals surface area contributed by atoms with Crippen LogP contribution in [-0.2, 0) is 6.61 Å². The first-order chi connectivity index (χ1) is 10.7. The van der Waals surface area contributed by atoms with Crippen molar-refractivity contribution in [2.45, 2.75) is 6.61 Å². The second kappa shape index (κ2) is 6.07. The zero-order valence-corrected chi connectivity index (χ0v) is 12.7. The molecule has 3 rings (SSSR count). The van der Waals surface area contributed by atoms with Crippen molar-refractivity contribution < 1.29 is 19.4 Å². The summed E-state index contributed by atoms with van der Waals surface area (Å²) in [6.07, 6.45) is 0. The Hall–Kier alpha value is -2.53. The number of methoxy groups -OCH3 is 1. The van der Waals surface area contributed by atoms with Gasteiger partial charge in [-0.25, -0.2) is 4.79 Å². The minimum absolute atomic E-state index is 0.289. The second-order valence-corrected chi connectivity index (χ2v) is 5.65. The Kier molecular flexibility index (Phi) is 3.98. The van der Waals surface area contributed by atoms with Crippen LogP contribution >= 0.6 is 11.3 Å². The van der Waals surface area contributed by atoms with Gasteiger partial charge in [-0.1, -0.05) is 0 Å². The highest BCUT2D eigenvalue weighted by Crippen LogP contribution is 2.28. The Morgan fingerprint density at radius 1 is 1.14 bits per heavy atom. The highest BCUT2D eigenvalue weighted by Gasteiger charge is 2.09. The number of carbonyl (C=O) groups is 1. The molecular formula is C17H14O4S. The van der Waals surface area contributed by atoms with Crippen molar-refractivity contribution in [3.8, 4) is 11.5 Å². The molecule has 1 N–H and O–H groups in total. The van der Waals surface area contributed by atoms with Crippen LogP contribution in [0, 0.1) is 0 Å². The van der Waals surface area contributed by atoms with E-state index in [1.54, 1.807) is 30.6 Å². The van der Waals surface area contributed by atoms with Gasteiger partial charge in [0.1, 0.15) is 18.1 Å². The van der Waals surface area contributed by atoms with Crippen LogP contribution in [0.1, 0.15) is 15.9 Å². The third-order valence-corrected chi connectivity index (χ3v) is 4.37. The number of aromatic carboxylic acids is 1. The van der Waals surface area contributed by atoms with Gasteiger partial charge in [0.05, 0.1) is 12.7 Å². The molecule has 112 valence electrons. The quantitative estimate of drug-likeness (QED) is 0.767. The smallest absolute Gasteiger partial charge is 0.335 e. The van der Waals surface area contributed by atoms with Crippen LogP contribution in [0.15, 0.2) is 47.8 Å². The Morgan fingerprint density at radius 3 is 2.55 bits per heavy atom. The molecule has 0 aliphatic rings. The van der Waals surface area contributed by atoms with Crippen LogP contribution in [0.5, 0.6) is 11.5 Å². The molecule has 0 atom stereocenters. The monoisotopic (exact) mass is 314 g/mol. The van der Waals surface area contributed by atoms with Crippen molar-refractivity contribution in [2.24, 2.45) is 0 Å². The van der Waals surface area contributed by atoms with E-state index in [-0.39, 0.29) is 5.56 Å². The van der Waals surface area contributed by atoms with Crippen molar-refractivity contribution in [3.63, 3.8) is 0 Å². The van der Waals surface area contributed by atoms with E-state index in [4.69, 9.17) is 14.6 Å². The fourth-order valence-corrected chi connectivity index (χ4v) is 3.09. The summed E-state index contributed by atoms with van der Waals surface area (Å²) >= 11 is 1.58. The van der Waals surface area contributed by atoms with Gasteiger partial charge < -0.3 is 14.6 Å². The number of fused-ring (bicyclic) bond motifs is 1. The van der Waals surface area contributed by atoms with Gasteiger partial charge >= 0.3 is 5.97 Å². The van der Waals surface area contributed by atoms with Crippen molar-refractivity contribution >= 4 is 27.4 Å². The number of thiophene rings is 1. The lowest BCUT2D eigenvalue weighted by molar-refractivity contribution is 0.0697. The molecule has 3 aromatic rings. The van der Waals surface area contributed by atoms with Crippen LogP contribution in [-0.4, -0.2) is 18.2 Å². The average molecular weight is 314 g/mol. The van der Waals surface area contributed by atoms with Crippen LogP contribution in [0.3, 0.4) is 0 Å². The molecule has 22 heavy (non-hydrogen) atoms. The molecule has 0 aliphatic heterocycles. The van der Waals surface area contributed by atoms with E-state index in [2.05, 4.69) is 0 Å². The first-order valence-corrected chi connectivity index (χ1v) is 7.55. The molecule has 4 nitrogen and oxygen atoms in total. The van der Waals surface area contributed by atoms with E-state index in [9.17, 15) is 4.79 Å². The molecule has 0 amide bonds. The molecule has 1 aromatic heterocycles. The number of ether oxygens (including phenoxy) is 2. The summed E-state index contributed by atoms with van der Waals surface area (Å²) in [7, 11) is 1.62. The van der Waals surface area contributed by atoms with Gasteiger partial charge in [0.15, 0.2) is 0 Å². The van der Waals surface area contributed by atoms with Crippen LogP contribution in [0.25, 0.3) is 10.1 Å². The largest absolute Gasteiger partial charge is 0.497 e. The number of hydrogen-bond acceptors (Lipinski definition) is 4. The van der Waals surface area contributed by atoms with E-state index < -0.39 is 5.97 Å². The van der Waals surface area contributed by atoms with Crippen LogP contribution in [0.4, 0.5) is 0 Å². The van der Waals surface area contributed by atoms with Crippen molar-refractivity contribution in [1.82, 2.24) is 0 Å². The SMILES string of the molecule is COc1ccc(OCc2csc3ccc(C(=O)O)cc23)cc1. The van der Waals surface area contributed by atoms with Gasteiger partial charge in [-0.15, -0.1) is 11.3 Å². The average Bonchev–Trinajstić information content (AvgIpc) is 2.95. The van der Waals surface area contributed by atoms with Gasteiger partial charge in [-0.05, 0) is 53.2 Å². The molecule has 5 heteroatoms. The maximum atomic E-state index is 11.1. The first-order valence-electron chi connectivity index (χ1n) is 6.67. The molecule has 2 aromatic carbocycles. The maximum Gasteiger partial charge on any atom is 0.335 e. The summed E-state index contributed by atoms with van der Waals surface area (Å²) in [6.45, 7) is 0.398. The molecular weight excluding hydrogens is 300 g/mol. The van der Waals surface area contributed by atoms with E-state index in [1.165, 1.54) is 0 Å². The number of hydrogen-bond donors (Lipinski definition) is 1. The fraction of sp³-hybridized carbons (Fsp3) is 0.118. The van der Waals surface area contributed by atoms with Crippen LogP contribution < -0.4 is 9.47 Å². The van der Waals surface area contributed by atoms with E-state index in [0.717, 1.165) is 27.1 Å². The molecule has 0 saturated carbocycles. The summed E-state index contributed by atoms with van der Waals surface area (Å²) in [4.78, 5) is 11.1. The Labute approximate surface area is 131 Å². The number of benzene rings is 2. The fourth-order valence-electron chi connectivity index (χ4n) is 2.16. The Bertz CT molecular complexity index is 805. The number of carboxylic acid groups (broad SMARTS) is 1. The standard InChI is InChI=1S/C17H14O4S/c1-20-13-3-5-14(6-4-13)21-9-12-10-22-16-7-2-11(17(18)19)8-15(12)16/h2-8,10H,9H2,1H3,(H,18,19). The third kappa shape index (κ3) is 2.89. The summed E-state index contributed by atoms with van der Waals surface area (Å²) < 4.78 is 11.9. The zero-order chi connectivity index (χ0) is 15.5. The summed E-state index contributed by atoms with van der Waals surface area (Å²) in [5.41, 5.74) is 1.27. The topological polar surface area (TPSA) is 55.8 Å². The number of rotatable bonds is 5. The summed E-state index contributed by atoms with van der Waals surface area (Å²) in [5, 5.41) is 12.0. The Balaban J connectivity index is 1.80. The molecule has 0 saturated heterocycles. The minimum atomic E-state index is -0.921. The van der Waals surface area contributed by atoms with E-state index in [0.29, 0.717) is 6.61 Å². The van der Waals surface area contributed by atoms with Gasteiger partial charge in [0.25, 0.3) is 0 Å². The highest BCUT2D eigenvalue weighted by molar-refractivity contribution is 7.17. The predicted octanol–water partition coefficient (Wildman–Crippen LogP) is 4.19. The lowest BCUT2D eigenvalue weighted by Crippen LogP contribution is -1.97. The molecule has 0 spiro atoms. The molecule has 1 heterocycles. The first kappa shape index (κ1) is 14.4. The predicted molar refractivity (Wildman–Crippen MR) is 86.1 cm³/mol. The molecule has 0 bridgehead atoms. The summed E-state index contributed by atoms with van der Waals surface area (Å²) in [6, 6.07) is 12.5. The third-order valence-electron chi connectivity index (χ3n) is 3.35. The maximum absolute atomic E-state index is 11.1. The van der Waals surface area contributed by atoms with E-state index >= 15 is 0 Å². The lowest BCUT2D eigenvalue weighted by atomic mass is 10.1. The normalized spacial score (nSPS) is 10.6. The van der Waals surface area contributed by atoms with Crippen LogP contribution in [0.2, 0.25) is 0 Å². The van der Waals surface area contributed by atoms with E-state index in [1.807, 2.05) is 35.7 Å². The van der Waals surface area contributed by atoms with Crippen molar-refractivity contribution in [2.75, 3.05) is 7.11 Å².